The second-order valence-corrected chi connectivity index (χ2v) is 8.30. The van der Waals surface area contributed by atoms with Gasteiger partial charge in [0.15, 0.2) is 0 Å². The molecule has 0 radical (unpaired) electrons. The van der Waals surface area contributed by atoms with E-state index >= 15 is 0 Å². The molecule has 2 N–H and O–H groups in total. The SMILES string of the molecule is CN(CCCN1CCCCC1)c1nc(N)nc2c1CCCC2c1ccccc1. The Hall–Kier alpha value is -2.14. The number of rotatable bonds is 6. The van der Waals surface area contributed by atoms with Crippen LogP contribution in [-0.4, -0.2) is 48.1 Å². The van der Waals surface area contributed by atoms with E-state index in [4.69, 9.17) is 10.7 Å². The monoisotopic (exact) mass is 379 g/mol. The molecule has 0 amide bonds. The zero-order chi connectivity index (χ0) is 19.3. The van der Waals surface area contributed by atoms with Crippen LogP contribution in [0.25, 0.3) is 0 Å². The minimum Gasteiger partial charge on any atom is -0.368 e. The Morgan fingerprint density at radius 1 is 1.07 bits per heavy atom. The molecule has 2 heterocycles. The van der Waals surface area contributed by atoms with Gasteiger partial charge in [0, 0.05) is 25.1 Å². The molecule has 28 heavy (non-hydrogen) atoms. The third-order valence-electron chi connectivity index (χ3n) is 6.26. The lowest BCUT2D eigenvalue weighted by Crippen LogP contribution is -2.33. The number of aromatic nitrogens is 2. The number of nitrogens with two attached hydrogens (primary N) is 1. The normalized spacial score (nSPS) is 20.0. The number of hydrogen-bond donors (Lipinski definition) is 1. The Kier molecular flexibility index (Phi) is 6.10. The van der Waals surface area contributed by atoms with Gasteiger partial charge in [-0.05, 0) is 63.7 Å². The van der Waals surface area contributed by atoms with Gasteiger partial charge >= 0.3 is 0 Å². The zero-order valence-corrected chi connectivity index (χ0v) is 17.1. The molecular weight excluding hydrogens is 346 g/mol. The molecule has 1 saturated heterocycles. The molecule has 1 aliphatic heterocycles. The maximum Gasteiger partial charge on any atom is 0.222 e. The molecule has 1 aromatic carbocycles. The summed E-state index contributed by atoms with van der Waals surface area (Å²) in [4.78, 5) is 14.3. The highest BCUT2D eigenvalue weighted by atomic mass is 15.2. The molecule has 1 aliphatic carbocycles. The highest BCUT2D eigenvalue weighted by Crippen LogP contribution is 2.39. The maximum absolute atomic E-state index is 6.15. The summed E-state index contributed by atoms with van der Waals surface area (Å²) in [5.41, 5.74) is 9.93. The first kappa shape index (κ1) is 19.2. The molecule has 5 heteroatoms. The van der Waals surface area contributed by atoms with Crippen LogP contribution in [0.2, 0.25) is 0 Å². The molecule has 0 spiro atoms. The first-order valence-electron chi connectivity index (χ1n) is 10.9. The first-order chi connectivity index (χ1) is 13.7. The number of fused-ring (bicyclic) bond motifs is 1. The van der Waals surface area contributed by atoms with Crippen LogP contribution < -0.4 is 10.6 Å². The summed E-state index contributed by atoms with van der Waals surface area (Å²) in [6, 6.07) is 10.7. The minimum absolute atomic E-state index is 0.329. The van der Waals surface area contributed by atoms with Gasteiger partial charge in [-0.25, -0.2) is 4.98 Å². The van der Waals surface area contributed by atoms with Gasteiger partial charge in [0.05, 0.1) is 5.69 Å². The number of benzene rings is 1. The highest BCUT2D eigenvalue weighted by molar-refractivity contribution is 5.54. The summed E-state index contributed by atoms with van der Waals surface area (Å²) in [6.45, 7) is 4.71. The molecule has 1 aromatic heterocycles. The van der Waals surface area contributed by atoms with E-state index in [1.807, 2.05) is 0 Å². The van der Waals surface area contributed by atoms with E-state index in [1.54, 1.807) is 0 Å². The number of hydrogen-bond acceptors (Lipinski definition) is 5. The van der Waals surface area contributed by atoms with Gasteiger partial charge in [0.25, 0.3) is 0 Å². The summed E-state index contributed by atoms with van der Waals surface area (Å²) in [6.07, 6.45) is 8.62. The van der Waals surface area contributed by atoms with Gasteiger partial charge in [-0.2, -0.15) is 4.98 Å². The minimum atomic E-state index is 0.329. The van der Waals surface area contributed by atoms with Crippen LogP contribution in [0, 0.1) is 0 Å². The molecule has 1 fully saturated rings. The lowest BCUT2D eigenvalue weighted by Gasteiger charge is -2.30. The van der Waals surface area contributed by atoms with Crippen LogP contribution in [0.4, 0.5) is 11.8 Å². The maximum atomic E-state index is 6.15. The Morgan fingerprint density at radius 2 is 1.86 bits per heavy atom. The summed E-state index contributed by atoms with van der Waals surface area (Å²) in [7, 11) is 2.16. The van der Waals surface area contributed by atoms with Crippen molar-refractivity contribution in [1.82, 2.24) is 14.9 Å². The Labute approximate surface area is 169 Å². The Balaban J connectivity index is 1.50. The molecular formula is C23H33N5. The van der Waals surface area contributed by atoms with Crippen LogP contribution in [0.1, 0.15) is 61.3 Å². The molecule has 0 bridgehead atoms. The van der Waals surface area contributed by atoms with E-state index < -0.39 is 0 Å². The Morgan fingerprint density at radius 3 is 2.64 bits per heavy atom. The van der Waals surface area contributed by atoms with Crippen LogP contribution >= 0.6 is 0 Å². The fourth-order valence-corrected chi connectivity index (χ4v) is 4.80. The van der Waals surface area contributed by atoms with E-state index in [2.05, 4.69) is 52.2 Å². The van der Waals surface area contributed by atoms with E-state index in [9.17, 15) is 0 Å². The Bertz CT molecular complexity index is 770. The van der Waals surface area contributed by atoms with Crippen molar-refractivity contribution in [3.8, 4) is 0 Å². The van der Waals surface area contributed by atoms with Gasteiger partial charge in [-0.3, -0.25) is 0 Å². The van der Waals surface area contributed by atoms with Gasteiger partial charge in [0.2, 0.25) is 5.95 Å². The lowest BCUT2D eigenvalue weighted by molar-refractivity contribution is 0.227. The number of likely N-dealkylation sites (tertiary alicyclic amines) is 1. The molecule has 1 atom stereocenters. The zero-order valence-electron chi connectivity index (χ0n) is 17.1. The van der Waals surface area contributed by atoms with Crippen molar-refractivity contribution < 1.29 is 0 Å². The van der Waals surface area contributed by atoms with E-state index in [0.717, 1.165) is 37.3 Å². The second kappa shape index (κ2) is 8.91. The third-order valence-corrected chi connectivity index (χ3v) is 6.26. The molecule has 2 aromatic rings. The third kappa shape index (κ3) is 4.30. The van der Waals surface area contributed by atoms with Gasteiger partial charge in [-0.1, -0.05) is 36.8 Å². The average Bonchev–Trinajstić information content (AvgIpc) is 2.74. The van der Waals surface area contributed by atoms with Gasteiger partial charge in [-0.15, -0.1) is 0 Å². The summed E-state index contributed by atoms with van der Waals surface area (Å²) in [5, 5.41) is 0. The summed E-state index contributed by atoms with van der Waals surface area (Å²) < 4.78 is 0. The topological polar surface area (TPSA) is 58.3 Å². The largest absolute Gasteiger partial charge is 0.368 e. The number of anilines is 2. The van der Waals surface area contributed by atoms with Crippen molar-refractivity contribution in [2.45, 2.75) is 50.9 Å². The standard InChI is InChI=1S/C23H33N5/c1-27(14-9-17-28-15-6-3-7-16-28)22-20-13-8-12-19(18-10-4-2-5-11-18)21(20)25-23(24)26-22/h2,4-5,10-11,19H,3,6-9,12-17H2,1H3,(H2,24,25,26). The smallest absolute Gasteiger partial charge is 0.222 e. The lowest BCUT2D eigenvalue weighted by atomic mass is 9.82. The van der Waals surface area contributed by atoms with E-state index in [-0.39, 0.29) is 0 Å². The van der Waals surface area contributed by atoms with E-state index in [0.29, 0.717) is 11.9 Å². The van der Waals surface area contributed by atoms with Gasteiger partial charge in [0.1, 0.15) is 5.82 Å². The highest BCUT2D eigenvalue weighted by Gasteiger charge is 2.27. The van der Waals surface area contributed by atoms with Crippen molar-refractivity contribution in [3.63, 3.8) is 0 Å². The molecule has 4 rings (SSSR count). The molecule has 5 nitrogen and oxygen atoms in total. The van der Waals surface area contributed by atoms with E-state index in [1.165, 1.54) is 56.4 Å². The van der Waals surface area contributed by atoms with Crippen molar-refractivity contribution in [1.29, 1.82) is 0 Å². The first-order valence-corrected chi connectivity index (χ1v) is 10.9. The average molecular weight is 380 g/mol. The van der Waals surface area contributed by atoms with Crippen molar-refractivity contribution in [3.05, 3.63) is 47.2 Å². The predicted octanol–water partition coefficient (Wildman–Crippen LogP) is 3.84. The van der Waals surface area contributed by atoms with Gasteiger partial charge < -0.3 is 15.5 Å². The number of nitrogens with zero attached hydrogens (tertiary/aromatic N) is 4. The fourth-order valence-electron chi connectivity index (χ4n) is 4.80. The van der Waals surface area contributed by atoms with Crippen LogP contribution in [0.15, 0.2) is 30.3 Å². The number of nitrogen functional groups attached to an aromatic ring is 1. The predicted molar refractivity (Wildman–Crippen MR) is 116 cm³/mol. The second-order valence-electron chi connectivity index (χ2n) is 8.30. The molecule has 0 saturated carbocycles. The van der Waals surface area contributed by atoms with Crippen LogP contribution in [-0.2, 0) is 6.42 Å². The quantitative estimate of drug-likeness (QED) is 0.826. The van der Waals surface area contributed by atoms with Crippen molar-refractivity contribution in [2.75, 3.05) is 43.9 Å². The molecule has 1 unspecified atom stereocenters. The van der Waals surface area contributed by atoms with Crippen molar-refractivity contribution >= 4 is 11.8 Å². The summed E-state index contributed by atoms with van der Waals surface area (Å²) >= 11 is 0. The number of piperidine rings is 1. The van der Waals surface area contributed by atoms with Crippen LogP contribution in [0.5, 0.6) is 0 Å². The van der Waals surface area contributed by atoms with Crippen LogP contribution in [0.3, 0.4) is 0 Å². The van der Waals surface area contributed by atoms with Crippen molar-refractivity contribution in [2.24, 2.45) is 0 Å². The molecule has 150 valence electrons. The summed E-state index contributed by atoms with van der Waals surface area (Å²) in [5.74, 6) is 1.77. The fraction of sp³-hybridized carbons (Fsp3) is 0.565. The molecule has 2 aliphatic rings.